The summed E-state index contributed by atoms with van der Waals surface area (Å²) in [7, 11) is 1.53. The number of ether oxygens (including phenoxy) is 2. The highest BCUT2D eigenvalue weighted by atomic mass is 32.2. The Morgan fingerprint density at radius 1 is 1.06 bits per heavy atom. The first kappa shape index (κ1) is 25.5. The van der Waals surface area contributed by atoms with Crippen LogP contribution in [-0.2, 0) is 16.1 Å². The molecule has 6 nitrogen and oxygen atoms in total. The molecule has 1 heterocycles. The Hall–Kier alpha value is -3.62. The number of methoxy groups -OCH3 is 1. The summed E-state index contributed by atoms with van der Waals surface area (Å²) in [6.45, 7) is 2.26. The fourth-order valence-electron chi connectivity index (χ4n) is 3.73. The molecule has 0 aromatic heterocycles. The van der Waals surface area contributed by atoms with Gasteiger partial charge in [0.15, 0.2) is 18.1 Å². The van der Waals surface area contributed by atoms with Gasteiger partial charge in [0.2, 0.25) is 0 Å². The van der Waals surface area contributed by atoms with Crippen LogP contribution in [0.2, 0.25) is 0 Å². The summed E-state index contributed by atoms with van der Waals surface area (Å²) in [5.74, 6) is 0.541. The highest BCUT2D eigenvalue weighted by molar-refractivity contribution is 8.26. The first-order chi connectivity index (χ1) is 17.5. The van der Waals surface area contributed by atoms with E-state index in [1.54, 1.807) is 23.1 Å². The largest absolute Gasteiger partial charge is 0.493 e. The third-order valence-electron chi connectivity index (χ3n) is 5.67. The summed E-state index contributed by atoms with van der Waals surface area (Å²) in [5.41, 5.74) is 2.79. The minimum absolute atomic E-state index is 0.129. The molecule has 1 fully saturated rings. The van der Waals surface area contributed by atoms with E-state index in [0.29, 0.717) is 27.3 Å². The summed E-state index contributed by atoms with van der Waals surface area (Å²) < 4.78 is 11.7. The van der Waals surface area contributed by atoms with Crippen molar-refractivity contribution < 1.29 is 19.1 Å². The molecule has 184 valence electrons. The summed E-state index contributed by atoms with van der Waals surface area (Å²) >= 11 is 6.79. The molecule has 1 aliphatic heterocycles. The summed E-state index contributed by atoms with van der Waals surface area (Å²) in [5, 5.41) is 2.83. The van der Waals surface area contributed by atoms with Crippen molar-refractivity contribution in [2.75, 3.05) is 13.7 Å². The number of carbonyl (C=O) groups is 2. The van der Waals surface area contributed by atoms with Gasteiger partial charge < -0.3 is 14.8 Å². The molecule has 3 aromatic rings. The maximum atomic E-state index is 13.1. The molecule has 0 saturated carbocycles. The average Bonchev–Trinajstić information content (AvgIpc) is 3.19. The number of nitrogens with zero attached hydrogens (tertiary/aromatic N) is 1. The fraction of sp³-hybridized carbons (Fsp3) is 0.179. The predicted molar refractivity (Wildman–Crippen MR) is 147 cm³/mol. The number of nitrogens with one attached hydrogen (secondary N) is 1. The number of benzene rings is 3. The molecule has 0 aliphatic carbocycles. The second-order valence-electron chi connectivity index (χ2n) is 8.10. The van der Waals surface area contributed by atoms with E-state index in [9.17, 15) is 9.59 Å². The van der Waals surface area contributed by atoms with Crippen LogP contribution < -0.4 is 14.8 Å². The number of hydrogen-bond acceptors (Lipinski definition) is 6. The molecular formula is C28H26N2O4S2. The fourth-order valence-corrected chi connectivity index (χ4v) is 5.15. The Labute approximate surface area is 220 Å². The Morgan fingerprint density at radius 2 is 1.75 bits per heavy atom. The van der Waals surface area contributed by atoms with Gasteiger partial charge in [0.05, 0.1) is 18.1 Å². The van der Waals surface area contributed by atoms with Gasteiger partial charge in [-0.3, -0.25) is 14.5 Å². The van der Waals surface area contributed by atoms with Crippen LogP contribution in [0, 0.1) is 0 Å². The predicted octanol–water partition coefficient (Wildman–Crippen LogP) is 5.35. The van der Waals surface area contributed by atoms with Crippen LogP contribution in [0.3, 0.4) is 0 Å². The van der Waals surface area contributed by atoms with Gasteiger partial charge in [-0.2, -0.15) is 0 Å². The Balaban J connectivity index is 1.40. The second-order valence-corrected chi connectivity index (χ2v) is 9.78. The number of carbonyl (C=O) groups excluding carboxylic acids is 2. The van der Waals surface area contributed by atoms with Crippen molar-refractivity contribution in [1.29, 1.82) is 0 Å². The normalized spacial score (nSPS) is 15.2. The third-order valence-corrected chi connectivity index (χ3v) is 7.00. The zero-order valence-corrected chi connectivity index (χ0v) is 21.6. The third kappa shape index (κ3) is 6.13. The van der Waals surface area contributed by atoms with Crippen LogP contribution in [0.15, 0.2) is 83.8 Å². The molecule has 1 saturated heterocycles. The molecular weight excluding hydrogens is 492 g/mol. The van der Waals surface area contributed by atoms with E-state index in [4.69, 9.17) is 21.7 Å². The number of amides is 2. The van der Waals surface area contributed by atoms with Gasteiger partial charge in [0.25, 0.3) is 11.8 Å². The molecule has 4 rings (SSSR count). The Bertz CT molecular complexity index is 1280. The standard InChI is InChI=1S/C28H26N2O4S2/c1-19(22-11-7-4-8-12-22)30-27(32)25(36-28(30)35)16-21-13-14-23(24(15-21)33-2)34-18-26(31)29-17-20-9-5-3-6-10-20/h3-16,19H,17-18H2,1-2H3,(H,29,31)/b25-16-/t19-/m1/s1. The van der Waals surface area contributed by atoms with Crippen molar-refractivity contribution in [1.82, 2.24) is 10.2 Å². The molecule has 1 N–H and O–H groups in total. The lowest BCUT2D eigenvalue weighted by Crippen LogP contribution is -2.30. The lowest BCUT2D eigenvalue weighted by Gasteiger charge is -2.23. The van der Waals surface area contributed by atoms with E-state index in [1.807, 2.05) is 73.7 Å². The van der Waals surface area contributed by atoms with Crippen molar-refractivity contribution in [3.8, 4) is 11.5 Å². The lowest BCUT2D eigenvalue weighted by molar-refractivity contribution is -0.124. The van der Waals surface area contributed by atoms with Crippen molar-refractivity contribution in [3.63, 3.8) is 0 Å². The molecule has 0 bridgehead atoms. The van der Waals surface area contributed by atoms with E-state index >= 15 is 0 Å². The lowest BCUT2D eigenvalue weighted by atomic mass is 10.1. The van der Waals surface area contributed by atoms with Gasteiger partial charge in [0, 0.05) is 6.54 Å². The monoisotopic (exact) mass is 518 g/mol. The summed E-state index contributed by atoms with van der Waals surface area (Å²) in [6, 6.07) is 24.6. The Kier molecular flexibility index (Phi) is 8.40. The molecule has 0 radical (unpaired) electrons. The smallest absolute Gasteiger partial charge is 0.266 e. The molecule has 0 spiro atoms. The van der Waals surface area contributed by atoms with Gasteiger partial charge in [-0.15, -0.1) is 0 Å². The van der Waals surface area contributed by atoms with Crippen molar-refractivity contribution >= 4 is 46.2 Å². The molecule has 36 heavy (non-hydrogen) atoms. The first-order valence-electron chi connectivity index (χ1n) is 11.4. The molecule has 8 heteroatoms. The number of hydrogen-bond donors (Lipinski definition) is 1. The van der Waals surface area contributed by atoms with Crippen LogP contribution in [0.1, 0.15) is 29.7 Å². The highest BCUT2D eigenvalue weighted by Crippen LogP contribution is 2.38. The highest BCUT2D eigenvalue weighted by Gasteiger charge is 2.35. The molecule has 1 atom stereocenters. The molecule has 3 aromatic carbocycles. The average molecular weight is 519 g/mol. The van der Waals surface area contributed by atoms with Gasteiger partial charge in [-0.1, -0.05) is 90.7 Å². The van der Waals surface area contributed by atoms with E-state index in [-0.39, 0.29) is 24.5 Å². The van der Waals surface area contributed by atoms with Crippen LogP contribution in [0.5, 0.6) is 11.5 Å². The summed E-state index contributed by atoms with van der Waals surface area (Å²) in [4.78, 5) is 27.5. The van der Waals surface area contributed by atoms with Gasteiger partial charge in [-0.25, -0.2) is 0 Å². The van der Waals surface area contributed by atoms with Crippen LogP contribution in [0.25, 0.3) is 6.08 Å². The summed E-state index contributed by atoms with van der Waals surface area (Å²) in [6.07, 6.45) is 1.79. The quantitative estimate of drug-likeness (QED) is 0.304. The van der Waals surface area contributed by atoms with Crippen molar-refractivity contribution in [2.24, 2.45) is 0 Å². The van der Waals surface area contributed by atoms with Crippen molar-refractivity contribution in [3.05, 3.63) is 100 Å². The van der Waals surface area contributed by atoms with Gasteiger partial charge in [0.1, 0.15) is 4.32 Å². The second kappa shape index (κ2) is 11.9. The minimum Gasteiger partial charge on any atom is -0.493 e. The zero-order valence-electron chi connectivity index (χ0n) is 20.0. The van der Waals surface area contributed by atoms with E-state index in [0.717, 1.165) is 16.7 Å². The topological polar surface area (TPSA) is 67.9 Å². The van der Waals surface area contributed by atoms with Crippen molar-refractivity contribution in [2.45, 2.75) is 19.5 Å². The van der Waals surface area contributed by atoms with Gasteiger partial charge in [-0.05, 0) is 41.8 Å². The van der Waals surface area contributed by atoms with E-state index in [2.05, 4.69) is 5.32 Å². The molecule has 2 amide bonds. The molecule has 0 unspecified atom stereocenters. The van der Waals surface area contributed by atoms with Crippen LogP contribution in [-0.4, -0.2) is 34.8 Å². The maximum Gasteiger partial charge on any atom is 0.266 e. The van der Waals surface area contributed by atoms with E-state index in [1.165, 1.54) is 18.9 Å². The van der Waals surface area contributed by atoms with Crippen LogP contribution >= 0.6 is 24.0 Å². The molecule has 1 aliphatic rings. The number of thiocarbonyl (C=S) groups is 1. The maximum absolute atomic E-state index is 13.1. The zero-order chi connectivity index (χ0) is 25.5. The van der Waals surface area contributed by atoms with Crippen LogP contribution in [0.4, 0.5) is 0 Å². The van der Waals surface area contributed by atoms with Gasteiger partial charge >= 0.3 is 0 Å². The van der Waals surface area contributed by atoms with E-state index < -0.39 is 0 Å². The number of rotatable bonds is 9. The number of thioether (sulfide) groups is 1. The first-order valence-corrected chi connectivity index (χ1v) is 12.6. The Morgan fingerprint density at radius 3 is 2.44 bits per heavy atom. The SMILES string of the molecule is COc1cc(/C=C2\SC(=S)N([C@H](C)c3ccccc3)C2=O)ccc1OCC(=O)NCc1ccccc1. The minimum atomic E-state index is -0.235.